The fourth-order valence-electron chi connectivity index (χ4n) is 3.13. The van der Waals surface area contributed by atoms with Gasteiger partial charge in [0.1, 0.15) is 18.7 Å². The number of rotatable bonds is 3. The largest absolute Gasteiger partial charge is 0.489 e. The van der Waals surface area contributed by atoms with E-state index in [-0.39, 0.29) is 0 Å². The molecule has 6 heteroatoms. The van der Waals surface area contributed by atoms with Crippen LogP contribution in [0.25, 0.3) is 17.1 Å². The second-order valence-electron chi connectivity index (χ2n) is 5.95. The maximum atomic E-state index is 5.98. The highest BCUT2D eigenvalue weighted by Crippen LogP contribution is 2.32. The normalized spacial score (nSPS) is 12.0. The zero-order chi connectivity index (χ0) is 16.6. The molecule has 122 valence electrons. The van der Waals surface area contributed by atoms with Gasteiger partial charge in [-0.15, -0.1) is 0 Å². The Balaban J connectivity index is 1.55. The fourth-order valence-corrected chi connectivity index (χ4v) is 3.13. The minimum Gasteiger partial charge on any atom is -0.489 e. The lowest BCUT2D eigenvalue weighted by molar-refractivity contribution is 0.306. The Hall–Kier alpha value is -3.41. The van der Waals surface area contributed by atoms with Crippen molar-refractivity contribution in [3.8, 4) is 22.8 Å². The van der Waals surface area contributed by atoms with Crippen LogP contribution in [-0.2, 0) is 13.2 Å². The van der Waals surface area contributed by atoms with E-state index in [0.29, 0.717) is 13.2 Å². The van der Waals surface area contributed by atoms with Gasteiger partial charge in [0, 0.05) is 11.6 Å². The maximum Gasteiger partial charge on any atom is 0.160 e. The van der Waals surface area contributed by atoms with Crippen molar-refractivity contribution in [2.24, 2.45) is 0 Å². The van der Waals surface area contributed by atoms with E-state index in [0.717, 1.165) is 34.1 Å². The molecular formula is C19H15N5O. The van der Waals surface area contributed by atoms with Crippen molar-refractivity contribution in [1.82, 2.24) is 24.3 Å². The molecule has 4 aromatic rings. The Morgan fingerprint density at radius 3 is 2.92 bits per heavy atom. The Kier molecular flexibility index (Phi) is 3.13. The Morgan fingerprint density at radius 2 is 2.00 bits per heavy atom. The molecule has 3 heterocycles. The fraction of sp³-hybridized carbons (Fsp3) is 0.105. The Labute approximate surface area is 144 Å². The quantitative estimate of drug-likeness (QED) is 0.510. The summed E-state index contributed by atoms with van der Waals surface area (Å²) in [6.07, 6.45) is 5.27. The average molecular weight is 329 g/mol. The first-order chi connectivity index (χ1) is 12.4. The third kappa shape index (κ3) is 2.39. The van der Waals surface area contributed by atoms with Crippen molar-refractivity contribution in [2.75, 3.05) is 0 Å². The van der Waals surface area contributed by atoms with Crippen molar-refractivity contribution in [1.29, 1.82) is 0 Å². The average Bonchev–Trinajstić information content (AvgIpc) is 3.29. The number of benzene rings is 2. The van der Waals surface area contributed by atoms with E-state index in [1.54, 1.807) is 6.33 Å². The lowest BCUT2D eigenvalue weighted by Gasteiger charge is -2.12. The van der Waals surface area contributed by atoms with Crippen LogP contribution in [0.2, 0.25) is 0 Å². The van der Waals surface area contributed by atoms with Crippen LogP contribution in [0.1, 0.15) is 11.3 Å². The smallest absolute Gasteiger partial charge is 0.160 e. The molecule has 0 atom stereocenters. The standard InChI is InChI=1S/C19H15N5O/c1-2-4-14(5-3-1)11-25-16-6-7-17-18(8-16)23-13-20-9-15(23)10-24-19(17)21-12-22-24/h1-9,12-13H,10-11H2. The lowest BCUT2D eigenvalue weighted by Crippen LogP contribution is -2.03. The van der Waals surface area contributed by atoms with E-state index in [4.69, 9.17) is 4.74 Å². The number of hydrogen-bond donors (Lipinski definition) is 0. The second-order valence-corrected chi connectivity index (χ2v) is 5.95. The predicted molar refractivity (Wildman–Crippen MR) is 92.5 cm³/mol. The summed E-state index contributed by atoms with van der Waals surface area (Å²) in [5.41, 5.74) is 4.22. The van der Waals surface area contributed by atoms with Crippen LogP contribution in [0.5, 0.6) is 5.75 Å². The van der Waals surface area contributed by atoms with Gasteiger partial charge in [0.25, 0.3) is 0 Å². The zero-order valence-electron chi connectivity index (χ0n) is 13.4. The van der Waals surface area contributed by atoms with Gasteiger partial charge in [-0.1, -0.05) is 30.3 Å². The monoisotopic (exact) mass is 329 g/mol. The summed E-state index contributed by atoms with van der Waals surface area (Å²) in [6.45, 7) is 1.18. The van der Waals surface area contributed by atoms with Crippen molar-refractivity contribution >= 4 is 0 Å². The number of ether oxygens (including phenoxy) is 1. The van der Waals surface area contributed by atoms with E-state index >= 15 is 0 Å². The first-order valence-electron chi connectivity index (χ1n) is 8.09. The zero-order valence-corrected chi connectivity index (χ0v) is 13.4. The minimum atomic E-state index is 0.534. The maximum absolute atomic E-state index is 5.98. The van der Waals surface area contributed by atoms with Crippen molar-refractivity contribution in [3.05, 3.63) is 78.6 Å². The SMILES string of the molecule is c1ccc(COc2ccc3c(c2)-n2cncc2Cn2ncnc2-3)cc1. The molecule has 0 fully saturated rings. The van der Waals surface area contributed by atoms with E-state index in [1.165, 1.54) is 0 Å². The van der Waals surface area contributed by atoms with Crippen LogP contribution in [0, 0.1) is 0 Å². The summed E-state index contributed by atoms with van der Waals surface area (Å²) in [5.74, 6) is 1.67. The van der Waals surface area contributed by atoms with Crippen molar-refractivity contribution in [3.63, 3.8) is 0 Å². The third-order valence-corrected chi connectivity index (χ3v) is 4.36. The van der Waals surface area contributed by atoms with E-state index < -0.39 is 0 Å². The van der Waals surface area contributed by atoms with E-state index in [9.17, 15) is 0 Å². The van der Waals surface area contributed by atoms with Gasteiger partial charge in [0.2, 0.25) is 0 Å². The molecule has 0 saturated carbocycles. The molecule has 0 amide bonds. The molecule has 6 nitrogen and oxygen atoms in total. The van der Waals surface area contributed by atoms with Crippen LogP contribution in [0.15, 0.2) is 67.4 Å². The molecule has 0 bridgehead atoms. The number of aromatic nitrogens is 5. The molecule has 0 spiro atoms. The molecular weight excluding hydrogens is 314 g/mol. The molecule has 2 aromatic heterocycles. The molecule has 25 heavy (non-hydrogen) atoms. The molecule has 0 unspecified atom stereocenters. The van der Waals surface area contributed by atoms with Gasteiger partial charge in [-0.05, 0) is 17.7 Å². The minimum absolute atomic E-state index is 0.534. The topological polar surface area (TPSA) is 57.8 Å². The summed E-state index contributed by atoms with van der Waals surface area (Å²) in [6, 6.07) is 16.2. The van der Waals surface area contributed by atoms with Crippen LogP contribution < -0.4 is 4.74 Å². The highest BCUT2D eigenvalue weighted by atomic mass is 16.5. The number of hydrogen-bond acceptors (Lipinski definition) is 4. The van der Waals surface area contributed by atoms with Gasteiger partial charge in [0.15, 0.2) is 5.82 Å². The lowest BCUT2D eigenvalue weighted by atomic mass is 10.1. The van der Waals surface area contributed by atoms with Crippen LogP contribution in [-0.4, -0.2) is 24.3 Å². The van der Waals surface area contributed by atoms with Gasteiger partial charge in [-0.25, -0.2) is 14.6 Å². The van der Waals surface area contributed by atoms with Crippen molar-refractivity contribution < 1.29 is 4.74 Å². The van der Waals surface area contributed by atoms with E-state index in [1.807, 2.05) is 53.6 Å². The molecule has 1 aliphatic rings. The van der Waals surface area contributed by atoms with Gasteiger partial charge in [0.05, 0.1) is 30.5 Å². The molecule has 1 aliphatic heterocycles. The van der Waals surface area contributed by atoms with Crippen LogP contribution in [0.4, 0.5) is 0 Å². The predicted octanol–water partition coefficient (Wildman–Crippen LogP) is 3.07. The van der Waals surface area contributed by atoms with Crippen LogP contribution >= 0.6 is 0 Å². The molecule has 2 aromatic carbocycles. The number of imidazole rings is 1. The van der Waals surface area contributed by atoms with E-state index in [2.05, 4.69) is 31.8 Å². The summed E-state index contributed by atoms with van der Waals surface area (Å²) in [4.78, 5) is 8.71. The van der Waals surface area contributed by atoms with Crippen LogP contribution in [0.3, 0.4) is 0 Å². The number of nitrogens with zero attached hydrogens (tertiary/aromatic N) is 5. The second kappa shape index (κ2) is 5.59. The first-order valence-corrected chi connectivity index (χ1v) is 8.09. The molecule has 0 aliphatic carbocycles. The number of fused-ring (bicyclic) bond motifs is 5. The van der Waals surface area contributed by atoms with Gasteiger partial charge >= 0.3 is 0 Å². The molecule has 0 N–H and O–H groups in total. The molecule has 5 rings (SSSR count). The van der Waals surface area contributed by atoms with Gasteiger partial charge < -0.3 is 9.30 Å². The van der Waals surface area contributed by atoms with Gasteiger partial charge in [-0.3, -0.25) is 0 Å². The summed E-state index contributed by atoms with van der Waals surface area (Å²) in [7, 11) is 0. The molecule has 0 radical (unpaired) electrons. The highest BCUT2D eigenvalue weighted by Gasteiger charge is 2.21. The highest BCUT2D eigenvalue weighted by molar-refractivity contribution is 5.70. The Morgan fingerprint density at radius 1 is 1.08 bits per heavy atom. The Bertz CT molecular complexity index is 1030. The summed E-state index contributed by atoms with van der Waals surface area (Å²) >= 11 is 0. The molecule has 0 saturated heterocycles. The summed E-state index contributed by atoms with van der Waals surface area (Å²) in [5, 5.41) is 4.33. The van der Waals surface area contributed by atoms with Gasteiger partial charge in [-0.2, -0.15) is 5.10 Å². The third-order valence-electron chi connectivity index (χ3n) is 4.36. The van der Waals surface area contributed by atoms with Crippen molar-refractivity contribution in [2.45, 2.75) is 13.2 Å². The first kappa shape index (κ1) is 14.0. The summed E-state index contributed by atoms with van der Waals surface area (Å²) < 4.78 is 9.95.